The third-order valence-electron chi connectivity index (χ3n) is 4.60. The number of benzene rings is 1. The molecular formula is C20H30IN5O3. The van der Waals surface area contributed by atoms with Crippen LogP contribution in [0.15, 0.2) is 27.7 Å². The van der Waals surface area contributed by atoms with Crippen molar-refractivity contribution in [1.29, 1.82) is 0 Å². The van der Waals surface area contributed by atoms with E-state index in [1.807, 2.05) is 25.1 Å². The Morgan fingerprint density at radius 3 is 2.72 bits per heavy atom. The van der Waals surface area contributed by atoms with E-state index in [-0.39, 0.29) is 30.1 Å². The van der Waals surface area contributed by atoms with Crippen molar-refractivity contribution in [2.24, 2.45) is 4.99 Å². The molecule has 1 fully saturated rings. The average molecular weight is 515 g/mol. The fraction of sp³-hybridized carbons (Fsp3) is 0.550. The summed E-state index contributed by atoms with van der Waals surface area (Å²) in [6.45, 7) is 5.45. The number of methoxy groups -OCH3 is 1. The van der Waals surface area contributed by atoms with E-state index in [1.54, 1.807) is 14.0 Å². The summed E-state index contributed by atoms with van der Waals surface area (Å²) in [4.78, 5) is 8.88. The molecule has 29 heavy (non-hydrogen) atoms. The molecule has 3 rings (SSSR count). The molecule has 0 saturated heterocycles. The molecule has 1 saturated carbocycles. The molecule has 0 radical (unpaired) electrons. The third kappa shape index (κ3) is 6.76. The summed E-state index contributed by atoms with van der Waals surface area (Å²) in [5.74, 6) is 3.36. The second kappa shape index (κ2) is 11.8. The number of hydrogen-bond acceptors (Lipinski definition) is 6. The fourth-order valence-corrected chi connectivity index (χ4v) is 3.23. The van der Waals surface area contributed by atoms with Gasteiger partial charge in [0.2, 0.25) is 5.89 Å². The molecule has 1 aromatic heterocycles. The van der Waals surface area contributed by atoms with Gasteiger partial charge in [-0.05, 0) is 45.6 Å². The van der Waals surface area contributed by atoms with Gasteiger partial charge in [-0.2, -0.15) is 4.98 Å². The van der Waals surface area contributed by atoms with Crippen LogP contribution in [-0.4, -0.2) is 35.9 Å². The Labute approximate surface area is 188 Å². The number of rotatable bonds is 8. The average Bonchev–Trinajstić information content (AvgIpc) is 3.36. The molecule has 1 aliphatic carbocycles. The lowest BCUT2D eigenvalue weighted by Gasteiger charge is -2.19. The molecule has 1 aromatic carbocycles. The maximum absolute atomic E-state index is 6.28. The van der Waals surface area contributed by atoms with E-state index < -0.39 is 0 Å². The number of aliphatic imine (C=N–C) groups is 1. The number of ether oxygens (including phenoxy) is 2. The number of aryl methyl sites for hydroxylation is 1. The van der Waals surface area contributed by atoms with E-state index in [1.165, 1.54) is 12.8 Å². The second-order valence-corrected chi connectivity index (χ2v) is 6.76. The summed E-state index contributed by atoms with van der Waals surface area (Å²) >= 11 is 0. The number of nitrogens with zero attached hydrogens (tertiary/aromatic N) is 3. The van der Waals surface area contributed by atoms with Crippen LogP contribution in [0.5, 0.6) is 11.5 Å². The van der Waals surface area contributed by atoms with Crippen LogP contribution < -0.4 is 20.1 Å². The Kier molecular flexibility index (Phi) is 9.49. The van der Waals surface area contributed by atoms with Crippen LogP contribution >= 0.6 is 24.0 Å². The normalized spacial score (nSPS) is 14.4. The van der Waals surface area contributed by atoms with Crippen LogP contribution in [-0.2, 0) is 13.1 Å². The van der Waals surface area contributed by atoms with E-state index in [0.29, 0.717) is 30.8 Å². The zero-order valence-electron chi connectivity index (χ0n) is 17.2. The Hall–Kier alpha value is -2.04. The van der Waals surface area contributed by atoms with Gasteiger partial charge in [-0.15, -0.1) is 24.0 Å². The first kappa shape index (κ1) is 23.2. The first-order valence-corrected chi connectivity index (χ1v) is 9.83. The highest BCUT2D eigenvalue weighted by molar-refractivity contribution is 14.0. The van der Waals surface area contributed by atoms with Crippen LogP contribution in [0, 0.1) is 6.92 Å². The molecule has 0 spiro atoms. The van der Waals surface area contributed by atoms with Gasteiger partial charge in [-0.1, -0.05) is 17.3 Å². The zero-order valence-corrected chi connectivity index (χ0v) is 19.6. The smallest absolute Gasteiger partial charge is 0.246 e. The van der Waals surface area contributed by atoms with Crippen molar-refractivity contribution in [2.45, 2.75) is 58.7 Å². The topological polar surface area (TPSA) is 93.8 Å². The SMILES string of the molecule is CCNC(=NCc1cccc(OC)c1OC1CCCC1)NCc1nc(C)no1.I. The molecule has 0 aliphatic heterocycles. The van der Waals surface area contributed by atoms with Crippen LogP contribution in [0.3, 0.4) is 0 Å². The van der Waals surface area contributed by atoms with Gasteiger partial charge < -0.3 is 24.6 Å². The first-order chi connectivity index (χ1) is 13.7. The standard InChI is InChI=1S/C20H29N5O3.HI/c1-4-21-20(23-13-18-24-14(2)25-28-18)22-12-15-8-7-11-17(26-3)19(15)27-16-9-5-6-10-16;/h7-8,11,16H,4-6,9-10,12-13H2,1-3H3,(H2,21,22,23);1H. The number of nitrogens with one attached hydrogen (secondary N) is 2. The number of aromatic nitrogens is 2. The minimum Gasteiger partial charge on any atom is -0.493 e. The van der Waals surface area contributed by atoms with Crippen molar-refractivity contribution < 1.29 is 14.0 Å². The largest absolute Gasteiger partial charge is 0.493 e. The molecule has 0 bridgehead atoms. The predicted octanol–water partition coefficient (Wildman–Crippen LogP) is 3.58. The molecule has 0 amide bonds. The molecule has 2 N–H and O–H groups in total. The third-order valence-corrected chi connectivity index (χ3v) is 4.60. The molecule has 2 aromatic rings. The van der Waals surface area contributed by atoms with Gasteiger partial charge in [-0.3, -0.25) is 0 Å². The van der Waals surface area contributed by atoms with E-state index in [9.17, 15) is 0 Å². The number of halogens is 1. The highest BCUT2D eigenvalue weighted by Crippen LogP contribution is 2.35. The molecular weight excluding hydrogens is 485 g/mol. The zero-order chi connectivity index (χ0) is 19.8. The van der Waals surface area contributed by atoms with E-state index in [0.717, 1.165) is 36.4 Å². The summed E-state index contributed by atoms with van der Waals surface area (Å²) in [5.41, 5.74) is 0.997. The molecule has 0 atom stereocenters. The summed E-state index contributed by atoms with van der Waals surface area (Å²) in [6.07, 6.45) is 4.88. The summed E-state index contributed by atoms with van der Waals surface area (Å²) in [7, 11) is 1.67. The Morgan fingerprint density at radius 2 is 2.07 bits per heavy atom. The molecule has 0 unspecified atom stereocenters. The van der Waals surface area contributed by atoms with Crippen molar-refractivity contribution >= 4 is 29.9 Å². The van der Waals surface area contributed by atoms with Gasteiger partial charge >= 0.3 is 0 Å². The quantitative estimate of drug-likeness (QED) is 0.315. The monoisotopic (exact) mass is 515 g/mol. The Bertz CT molecular complexity index is 790. The molecule has 9 heteroatoms. The maximum atomic E-state index is 6.28. The minimum atomic E-state index is 0. The van der Waals surface area contributed by atoms with Crippen molar-refractivity contribution in [3.05, 3.63) is 35.5 Å². The van der Waals surface area contributed by atoms with Gasteiger partial charge in [0.1, 0.15) is 0 Å². The molecule has 1 aliphatic rings. The molecule has 1 heterocycles. The van der Waals surface area contributed by atoms with Crippen molar-refractivity contribution in [3.63, 3.8) is 0 Å². The maximum Gasteiger partial charge on any atom is 0.246 e. The van der Waals surface area contributed by atoms with Crippen molar-refractivity contribution in [2.75, 3.05) is 13.7 Å². The van der Waals surface area contributed by atoms with Gasteiger partial charge in [0.25, 0.3) is 0 Å². The van der Waals surface area contributed by atoms with Crippen LogP contribution in [0.25, 0.3) is 0 Å². The van der Waals surface area contributed by atoms with Crippen molar-refractivity contribution in [3.8, 4) is 11.5 Å². The van der Waals surface area contributed by atoms with E-state index in [2.05, 4.69) is 25.8 Å². The van der Waals surface area contributed by atoms with Crippen LogP contribution in [0.2, 0.25) is 0 Å². The predicted molar refractivity (Wildman–Crippen MR) is 122 cm³/mol. The number of hydrogen-bond donors (Lipinski definition) is 2. The minimum absolute atomic E-state index is 0. The van der Waals surface area contributed by atoms with Crippen LogP contribution in [0.4, 0.5) is 0 Å². The first-order valence-electron chi connectivity index (χ1n) is 9.83. The van der Waals surface area contributed by atoms with E-state index >= 15 is 0 Å². The Morgan fingerprint density at radius 1 is 1.28 bits per heavy atom. The molecule has 8 nitrogen and oxygen atoms in total. The summed E-state index contributed by atoms with van der Waals surface area (Å²) in [5, 5.41) is 10.2. The Balaban J connectivity index is 0.00000300. The lowest BCUT2D eigenvalue weighted by molar-refractivity contribution is 0.198. The lowest BCUT2D eigenvalue weighted by Crippen LogP contribution is -2.36. The van der Waals surface area contributed by atoms with E-state index in [4.69, 9.17) is 14.0 Å². The lowest BCUT2D eigenvalue weighted by atomic mass is 10.1. The summed E-state index contributed by atoms with van der Waals surface area (Å²) in [6, 6.07) is 5.92. The van der Waals surface area contributed by atoms with Gasteiger partial charge in [0.15, 0.2) is 23.3 Å². The number of guanidine groups is 1. The second-order valence-electron chi connectivity index (χ2n) is 6.76. The highest BCUT2D eigenvalue weighted by Gasteiger charge is 2.20. The fourth-order valence-electron chi connectivity index (χ4n) is 3.23. The molecule has 160 valence electrons. The van der Waals surface area contributed by atoms with Crippen LogP contribution in [0.1, 0.15) is 49.9 Å². The number of para-hydroxylation sites is 1. The summed E-state index contributed by atoms with van der Waals surface area (Å²) < 4.78 is 16.9. The van der Waals surface area contributed by atoms with Gasteiger partial charge in [0, 0.05) is 12.1 Å². The highest BCUT2D eigenvalue weighted by atomic mass is 127. The van der Waals surface area contributed by atoms with Crippen molar-refractivity contribution in [1.82, 2.24) is 20.8 Å². The van der Waals surface area contributed by atoms with Gasteiger partial charge in [-0.25, -0.2) is 4.99 Å². The van der Waals surface area contributed by atoms with Gasteiger partial charge in [0.05, 0.1) is 26.3 Å².